The number of nitrogens with zero attached hydrogens (tertiary/aromatic N) is 7. The Bertz CT molecular complexity index is 3300. The molecule has 0 saturated carbocycles. The van der Waals surface area contributed by atoms with Crippen LogP contribution >= 0.6 is 0 Å². The van der Waals surface area contributed by atoms with Crippen LogP contribution < -0.4 is 0 Å². The van der Waals surface area contributed by atoms with E-state index in [0.29, 0.717) is 39.7 Å². The largest absolute Gasteiger partial charge is 0.309 e. The number of para-hydroxylation sites is 2. The summed E-state index contributed by atoms with van der Waals surface area (Å²) < 4.78 is 4.51. The number of hydrogen-bond donors (Lipinski definition) is 0. The second kappa shape index (κ2) is 14.4. The Hall–Kier alpha value is -7.87. The number of benzene rings is 7. The van der Waals surface area contributed by atoms with Crippen LogP contribution in [0.5, 0.6) is 0 Å². The summed E-state index contributed by atoms with van der Waals surface area (Å²) in [5.41, 5.74) is 11.3. The van der Waals surface area contributed by atoms with Gasteiger partial charge in [0, 0.05) is 38.2 Å². The molecule has 0 spiro atoms. The van der Waals surface area contributed by atoms with Gasteiger partial charge in [-0.3, -0.25) is 0 Å². The minimum atomic E-state index is -0.0393. The molecule has 7 nitrogen and oxygen atoms in total. The van der Waals surface area contributed by atoms with E-state index in [4.69, 9.17) is 15.0 Å². The number of nitriles is 2. The summed E-state index contributed by atoms with van der Waals surface area (Å²) in [6, 6.07) is 56.3. The molecule has 0 unspecified atom stereocenters. The molecular formula is C55H43N7. The maximum atomic E-state index is 10.3. The van der Waals surface area contributed by atoms with Crippen LogP contribution in [0.1, 0.15) is 63.8 Å². The SMILES string of the molecule is CC(C)(C)c1ccc2c(c1)c1ccccc1n2-c1ccc(C#N)cc1-c1nc(-c2ccccc2)nc(-c2cc(C#N)ccc2-n2c3ccccc3c3cc(C(C)(C)C)ccc32)n1. The summed E-state index contributed by atoms with van der Waals surface area (Å²) >= 11 is 0. The van der Waals surface area contributed by atoms with Gasteiger partial charge >= 0.3 is 0 Å². The van der Waals surface area contributed by atoms with Crippen LogP contribution in [0.15, 0.2) is 152 Å². The van der Waals surface area contributed by atoms with Crippen molar-refractivity contribution in [3.8, 4) is 57.7 Å². The minimum absolute atomic E-state index is 0.0393. The van der Waals surface area contributed by atoms with Crippen molar-refractivity contribution in [1.82, 2.24) is 24.1 Å². The van der Waals surface area contributed by atoms with E-state index < -0.39 is 0 Å². The smallest absolute Gasteiger partial charge is 0.166 e. The molecule has 3 heterocycles. The van der Waals surface area contributed by atoms with Gasteiger partial charge in [0.25, 0.3) is 0 Å². The van der Waals surface area contributed by atoms with Crippen LogP contribution in [-0.4, -0.2) is 24.1 Å². The van der Waals surface area contributed by atoms with E-state index >= 15 is 0 Å². The predicted octanol–water partition coefficient (Wildman–Crippen LogP) is 13.4. The minimum Gasteiger partial charge on any atom is -0.309 e. The molecular weight excluding hydrogens is 759 g/mol. The molecule has 0 aliphatic heterocycles. The Morgan fingerprint density at radius 3 is 1.24 bits per heavy atom. The molecule has 7 heteroatoms. The van der Waals surface area contributed by atoms with Crippen LogP contribution in [0.2, 0.25) is 0 Å². The highest BCUT2D eigenvalue weighted by Gasteiger charge is 2.25. The van der Waals surface area contributed by atoms with E-state index in [2.05, 4.69) is 148 Å². The molecule has 7 aromatic carbocycles. The lowest BCUT2D eigenvalue weighted by Crippen LogP contribution is -2.10. The lowest BCUT2D eigenvalue weighted by Gasteiger charge is -2.20. The molecule has 298 valence electrons. The highest BCUT2D eigenvalue weighted by molar-refractivity contribution is 6.11. The van der Waals surface area contributed by atoms with Gasteiger partial charge in [-0.2, -0.15) is 10.5 Å². The lowest BCUT2D eigenvalue weighted by atomic mass is 9.86. The van der Waals surface area contributed by atoms with Crippen molar-refractivity contribution in [2.75, 3.05) is 0 Å². The Morgan fingerprint density at radius 2 is 0.806 bits per heavy atom. The van der Waals surface area contributed by atoms with Gasteiger partial charge in [-0.05, 0) is 94.8 Å². The van der Waals surface area contributed by atoms with E-state index in [0.717, 1.165) is 60.5 Å². The molecule has 0 aliphatic rings. The van der Waals surface area contributed by atoms with E-state index in [1.54, 1.807) is 0 Å². The van der Waals surface area contributed by atoms with Gasteiger partial charge in [-0.1, -0.05) is 120 Å². The monoisotopic (exact) mass is 801 g/mol. The van der Waals surface area contributed by atoms with Crippen molar-refractivity contribution in [2.45, 2.75) is 52.4 Å². The quantitative estimate of drug-likeness (QED) is 0.173. The zero-order valence-electron chi connectivity index (χ0n) is 35.6. The summed E-state index contributed by atoms with van der Waals surface area (Å²) in [6.07, 6.45) is 0. The first-order valence-electron chi connectivity index (χ1n) is 20.9. The molecule has 10 aromatic rings. The molecule has 0 bridgehead atoms. The van der Waals surface area contributed by atoms with Gasteiger partial charge in [0.1, 0.15) is 0 Å². The third-order valence-corrected chi connectivity index (χ3v) is 12.0. The standard InChI is InChI=1S/C55H43N7/c1-54(2,3)37-22-26-47-41(30-37)39-16-10-12-18-45(39)61(47)49-24-20-34(32-56)28-43(49)52-58-51(36-14-8-7-9-15-36)59-53(60-52)44-29-35(33-57)21-25-50(44)62-46-19-13-11-17-40(46)42-31-38(55(4,5)6)23-27-48(42)62/h7-31H,1-6H3. The molecule has 0 fully saturated rings. The van der Waals surface area contributed by atoms with E-state index in [-0.39, 0.29) is 10.8 Å². The number of hydrogen-bond acceptors (Lipinski definition) is 5. The Kier molecular flexibility index (Phi) is 8.91. The first-order chi connectivity index (χ1) is 29.9. The summed E-state index contributed by atoms with van der Waals surface area (Å²) in [5.74, 6) is 1.29. The molecule has 0 N–H and O–H groups in total. The predicted molar refractivity (Wildman–Crippen MR) is 252 cm³/mol. The Morgan fingerprint density at radius 1 is 0.403 bits per heavy atom. The first-order valence-corrected chi connectivity index (χ1v) is 20.9. The summed E-state index contributed by atoms with van der Waals surface area (Å²) in [4.78, 5) is 15.7. The molecule has 0 saturated heterocycles. The third kappa shape index (κ3) is 6.38. The van der Waals surface area contributed by atoms with E-state index in [9.17, 15) is 10.5 Å². The van der Waals surface area contributed by atoms with Gasteiger partial charge in [-0.15, -0.1) is 0 Å². The topological polar surface area (TPSA) is 96.1 Å². The van der Waals surface area contributed by atoms with E-state index in [1.165, 1.54) is 11.1 Å². The van der Waals surface area contributed by atoms with Gasteiger partial charge in [0.05, 0.1) is 56.7 Å². The average molecular weight is 802 g/mol. The number of aromatic nitrogens is 5. The fraction of sp³-hybridized carbons (Fsp3) is 0.145. The maximum absolute atomic E-state index is 10.3. The van der Waals surface area contributed by atoms with Gasteiger partial charge in [0.15, 0.2) is 17.5 Å². The second-order valence-electron chi connectivity index (χ2n) is 18.0. The molecule has 0 aliphatic carbocycles. The molecule has 10 rings (SSSR count). The molecule has 0 atom stereocenters. The van der Waals surface area contributed by atoms with Gasteiger partial charge < -0.3 is 9.13 Å². The third-order valence-electron chi connectivity index (χ3n) is 12.0. The molecule has 62 heavy (non-hydrogen) atoms. The summed E-state index contributed by atoms with van der Waals surface area (Å²) in [7, 11) is 0. The zero-order valence-corrected chi connectivity index (χ0v) is 35.6. The average Bonchev–Trinajstić information content (AvgIpc) is 3.80. The fourth-order valence-corrected chi connectivity index (χ4v) is 8.69. The van der Waals surface area contributed by atoms with Crippen molar-refractivity contribution in [2.24, 2.45) is 0 Å². The van der Waals surface area contributed by atoms with Crippen molar-refractivity contribution in [3.63, 3.8) is 0 Å². The highest BCUT2D eigenvalue weighted by Crippen LogP contribution is 2.41. The first kappa shape index (κ1) is 38.3. The van der Waals surface area contributed by atoms with Crippen molar-refractivity contribution >= 4 is 43.6 Å². The zero-order chi connectivity index (χ0) is 42.9. The van der Waals surface area contributed by atoms with Crippen LogP contribution in [-0.2, 0) is 10.8 Å². The second-order valence-corrected chi connectivity index (χ2v) is 18.0. The maximum Gasteiger partial charge on any atom is 0.166 e. The van der Waals surface area contributed by atoms with Crippen LogP contribution in [0.25, 0.3) is 89.2 Å². The van der Waals surface area contributed by atoms with Gasteiger partial charge in [-0.25, -0.2) is 15.0 Å². The van der Waals surface area contributed by atoms with Crippen LogP contribution in [0.3, 0.4) is 0 Å². The van der Waals surface area contributed by atoms with Crippen molar-refractivity contribution < 1.29 is 0 Å². The van der Waals surface area contributed by atoms with Crippen molar-refractivity contribution in [1.29, 1.82) is 10.5 Å². The van der Waals surface area contributed by atoms with E-state index in [1.807, 2.05) is 66.7 Å². The normalized spacial score (nSPS) is 12.0. The summed E-state index contributed by atoms with van der Waals surface area (Å²) in [5, 5.41) is 25.2. The van der Waals surface area contributed by atoms with Crippen LogP contribution in [0.4, 0.5) is 0 Å². The molecule has 0 radical (unpaired) electrons. The lowest BCUT2D eigenvalue weighted by molar-refractivity contribution is 0.591. The number of fused-ring (bicyclic) bond motifs is 6. The van der Waals surface area contributed by atoms with Crippen molar-refractivity contribution in [3.05, 3.63) is 174 Å². The Balaban J connectivity index is 1.27. The fourth-order valence-electron chi connectivity index (χ4n) is 8.69. The molecule has 0 amide bonds. The summed E-state index contributed by atoms with van der Waals surface area (Å²) in [6.45, 7) is 13.4. The highest BCUT2D eigenvalue weighted by atomic mass is 15.1. The van der Waals surface area contributed by atoms with Crippen LogP contribution in [0, 0.1) is 22.7 Å². The van der Waals surface area contributed by atoms with Gasteiger partial charge in [0.2, 0.25) is 0 Å². The number of rotatable bonds is 5. The Labute approximate surface area is 360 Å². The molecule has 3 aromatic heterocycles.